The van der Waals surface area contributed by atoms with Crippen LogP contribution in [0, 0.1) is 11.8 Å². The van der Waals surface area contributed by atoms with E-state index >= 15 is 0 Å². The molecule has 0 aromatic heterocycles. The van der Waals surface area contributed by atoms with E-state index in [-0.39, 0.29) is 5.92 Å². The van der Waals surface area contributed by atoms with Gasteiger partial charge in [0.15, 0.2) is 0 Å². The fourth-order valence-electron chi connectivity index (χ4n) is 4.73. The highest BCUT2D eigenvalue weighted by atomic mass is 16.5. The van der Waals surface area contributed by atoms with Crippen LogP contribution in [0.2, 0.25) is 0 Å². The standard InChI is InChI=1S/C24H31NO4/c1-28-16-17-3-7-22(8-4-17)29-23-9-6-19-12-18(2-5-20(19)13-23)14-25-11-10-21(15-25)24(26)27/h2,5-6,9,12-13,17,21-22H,3-4,7-8,10-11,14-16H2,1H3,(H,26,27). The van der Waals surface area contributed by atoms with Crippen LogP contribution in [-0.4, -0.2) is 48.9 Å². The van der Waals surface area contributed by atoms with E-state index in [9.17, 15) is 9.90 Å². The van der Waals surface area contributed by atoms with Gasteiger partial charge in [-0.25, -0.2) is 0 Å². The van der Waals surface area contributed by atoms with Crippen molar-refractivity contribution in [1.82, 2.24) is 4.90 Å². The van der Waals surface area contributed by atoms with E-state index in [1.54, 1.807) is 7.11 Å². The maximum Gasteiger partial charge on any atom is 0.307 e. The van der Waals surface area contributed by atoms with E-state index in [0.29, 0.717) is 18.6 Å². The minimum atomic E-state index is -0.675. The number of carbonyl (C=O) groups is 1. The predicted molar refractivity (Wildman–Crippen MR) is 113 cm³/mol. The third-order valence-electron chi connectivity index (χ3n) is 6.40. The topological polar surface area (TPSA) is 59.0 Å². The maximum absolute atomic E-state index is 11.2. The summed E-state index contributed by atoms with van der Waals surface area (Å²) in [5.74, 6) is 0.728. The van der Waals surface area contributed by atoms with Crippen molar-refractivity contribution in [1.29, 1.82) is 0 Å². The van der Waals surface area contributed by atoms with Crippen LogP contribution in [0.4, 0.5) is 0 Å². The Hall–Kier alpha value is -2.11. The first-order valence-electron chi connectivity index (χ1n) is 10.7. The molecule has 0 amide bonds. The van der Waals surface area contributed by atoms with E-state index in [1.165, 1.54) is 29.2 Å². The summed E-state index contributed by atoms with van der Waals surface area (Å²) < 4.78 is 11.5. The van der Waals surface area contributed by atoms with Crippen molar-refractivity contribution in [3.05, 3.63) is 42.0 Å². The molecule has 1 N–H and O–H groups in total. The lowest BCUT2D eigenvalue weighted by molar-refractivity contribution is -0.141. The number of carboxylic acids is 1. The molecule has 0 spiro atoms. The van der Waals surface area contributed by atoms with Gasteiger partial charge in [-0.3, -0.25) is 9.69 Å². The van der Waals surface area contributed by atoms with Gasteiger partial charge in [-0.1, -0.05) is 18.2 Å². The summed E-state index contributed by atoms with van der Waals surface area (Å²) in [5.41, 5.74) is 1.23. The predicted octanol–water partition coefficient (Wildman–Crippen LogP) is 4.33. The molecule has 156 valence electrons. The van der Waals surface area contributed by atoms with Gasteiger partial charge in [-0.15, -0.1) is 0 Å². The first kappa shape index (κ1) is 20.2. The first-order valence-corrected chi connectivity index (χ1v) is 10.7. The van der Waals surface area contributed by atoms with E-state index in [0.717, 1.165) is 44.7 Å². The molecule has 2 aliphatic rings. The summed E-state index contributed by atoms with van der Waals surface area (Å²) in [6, 6.07) is 12.9. The zero-order chi connectivity index (χ0) is 20.2. The summed E-state index contributed by atoms with van der Waals surface area (Å²) in [5, 5.41) is 11.6. The molecule has 5 heteroatoms. The zero-order valence-corrected chi connectivity index (χ0v) is 17.2. The summed E-state index contributed by atoms with van der Waals surface area (Å²) in [6.45, 7) is 3.17. The lowest BCUT2D eigenvalue weighted by Crippen LogP contribution is -2.25. The Labute approximate surface area is 172 Å². The zero-order valence-electron chi connectivity index (χ0n) is 17.2. The molecular formula is C24H31NO4. The second kappa shape index (κ2) is 9.14. The number of methoxy groups -OCH3 is 1. The summed E-state index contributed by atoms with van der Waals surface area (Å²) in [6.07, 6.45) is 5.59. The van der Waals surface area contributed by atoms with E-state index in [1.807, 2.05) is 0 Å². The van der Waals surface area contributed by atoms with Crippen LogP contribution in [0.1, 0.15) is 37.7 Å². The van der Waals surface area contributed by atoms with Crippen molar-refractivity contribution in [3.8, 4) is 5.75 Å². The first-order chi connectivity index (χ1) is 14.1. The van der Waals surface area contributed by atoms with Gasteiger partial charge in [-0.05, 0) is 79.1 Å². The fraction of sp³-hybridized carbons (Fsp3) is 0.542. The van der Waals surface area contributed by atoms with Crippen LogP contribution in [0.5, 0.6) is 5.75 Å². The monoisotopic (exact) mass is 397 g/mol. The number of ether oxygens (including phenoxy) is 2. The molecule has 0 bridgehead atoms. The fourth-order valence-corrected chi connectivity index (χ4v) is 4.73. The van der Waals surface area contributed by atoms with Gasteiger partial charge in [0.1, 0.15) is 5.75 Å². The molecule has 4 rings (SSSR count). The van der Waals surface area contributed by atoms with Crippen LogP contribution in [-0.2, 0) is 16.1 Å². The third kappa shape index (κ3) is 5.09. The quantitative estimate of drug-likeness (QED) is 0.754. The molecule has 1 heterocycles. The molecule has 0 radical (unpaired) electrons. The van der Waals surface area contributed by atoms with Gasteiger partial charge >= 0.3 is 5.97 Å². The Morgan fingerprint density at radius 1 is 1.07 bits per heavy atom. The Morgan fingerprint density at radius 2 is 1.83 bits per heavy atom. The number of carboxylic acid groups (broad SMARTS) is 1. The van der Waals surface area contributed by atoms with Crippen molar-refractivity contribution in [2.75, 3.05) is 26.8 Å². The van der Waals surface area contributed by atoms with Gasteiger partial charge in [0.05, 0.1) is 12.0 Å². The van der Waals surface area contributed by atoms with Crippen molar-refractivity contribution >= 4 is 16.7 Å². The molecule has 2 aromatic rings. The van der Waals surface area contributed by atoms with Crippen molar-refractivity contribution in [3.63, 3.8) is 0 Å². The molecule has 29 heavy (non-hydrogen) atoms. The van der Waals surface area contributed by atoms with Crippen molar-refractivity contribution < 1.29 is 19.4 Å². The van der Waals surface area contributed by atoms with Gasteiger partial charge in [0.2, 0.25) is 0 Å². The van der Waals surface area contributed by atoms with Crippen LogP contribution < -0.4 is 4.74 Å². The minimum Gasteiger partial charge on any atom is -0.490 e. The lowest BCUT2D eigenvalue weighted by atomic mass is 9.88. The Bertz CT molecular complexity index is 844. The van der Waals surface area contributed by atoms with Crippen LogP contribution in [0.3, 0.4) is 0 Å². The second-order valence-electron chi connectivity index (χ2n) is 8.62. The highest BCUT2D eigenvalue weighted by Gasteiger charge is 2.27. The highest BCUT2D eigenvalue weighted by molar-refractivity contribution is 5.84. The smallest absolute Gasteiger partial charge is 0.307 e. The Balaban J connectivity index is 1.36. The average Bonchev–Trinajstić information content (AvgIpc) is 3.19. The second-order valence-corrected chi connectivity index (χ2v) is 8.62. The molecule has 2 aromatic carbocycles. The molecule has 2 fully saturated rings. The van der Waals surface area contributed by atoms with E-state index < -0.39 is 5.97 Å². The SMILES string of the molecule is COCC1CCC(Oc2ccc3cc(CN4CCC(C(=O)O)C4)ccc3c2)CC1. The van der Waals surface area contributed by atoms with Crippen LogP contribution in [0.25, 0.3) is 10.8 Å². The Kier molecular flexibility index (Phi) is 6.36. The third-order valence-corrected chi connectivity index (χ3v) is 6.40. The number of likely N-dealkylation sites (tertiary alicyclic amines) is 1. The molecule has 5 nitrogen and oxygen atoms in total. The number of hydrogen-bond donors (Lipinski definition) is 1. The number of hydrogen-bond acceptors (Lipinski definition) is 4. The number of fused-ring (bicyclic) bond motifs is 1. The molecule has 1 aliphatic carbocycles. The number of nitrogens with zero attached hydrogens (tertiary/aromatic N) is 1. The van der Waals surface area contributed by atoms with Gasteiger partial charge in [0, 0.05) is 26.8 Å². The molecule has 1 unspecified atom stereocenters. The highest BCUT2D eigenvalue weighted by Crippen LogP contribution is 2.30. The number of benzene rings is 2. The molecule has 1 saturated carbocycles. The van der Waals surface area contributed by atoms with Crippen molar-refractivity contribution in [2.24, 2.45) is 11.8 Å². The minimum absolute atomic E-state index is 0.222. The van der Waals surface area contributed by atoms with Gasteiger partial charge in [-0.2, -0.15) is 0 Å². The largest absolute Gasteiger partial charge is 0.490 e. The average molecular weight is 398 g/mol. The van der Waals surface area contributed by atoms with Gasteiger partial charge in [0.25, 0.3) is 0 Å². The molecule has 1 atom stereocenters. The summed E-state index contributed by atoms with van der Waals surface area (Å²) in [7, 11) is 1.78. The molecular weight excluding hydrogens is 366 g/mol. The van der Waals surface area contributed by atoms with E-state index in [4.69, 9.17) is 9.47 Å². The van der Waals surface area contributed by atoms with E-state index in [2.05, 4.69) is 41.3 Å². The Morgan fingerprint density at radius 3 is 2.55 bits per heavy atom. The molecule has 1 aliphatic heterocycles. The summed E-state index contributed by atoms with van der Waals surface area (Å²) in [4.78, 5) is 13.4. The normalized spacial score (nSPS) is 25.3. The van der Waals surface area contributed by atoms with Crippen LogP contribution >= 0.6 is 0 Å². The number of aliphatic carboxylic acids is 1. The maximum atomic E-state index is 11.2. The van der Waals surface area contributed by atoms with Crippen LogP contribution in [0.15, 0.2) is 36.4 Å². The van der Waals surface area contributed by atoms with Crippen molar-refractivity contribution in [2.45, 2.75) is 44.8 Å². The van der Waals surface area contributed by atoms with Gasteiger partial charge < -0.3 is 14.6 Å². The summed E-state index contributed by atoms with van der Waals surface area (Å²) >= 11 is 0. The molecule has 1 saturated heterocycles. The number of rotatable bonds is 7. The lowest BCUT2D eigenvalue weighted by Gasteiger charge is -2.28.